The Balaban J connectivity index is 2.23. The highest BCUT2D eigenvalue weighted by atomic mass is 32.2. The standard InChI is InChI=1S/C14H28S4/c1-5-7-15-11(3)13-9-18-14(10-17-13)12(4)16-8-6-2/h11-14H,5-10H2,1-4H3. The molecule has 0 saturated carbocycles. The maximum absolute atomic E-state index is 2.42. The van der Waals surface area contributed by atoms with E-state index in [1.165, 1.54) is 35.9 Å². The molecule has 1 saturated heterocycles. The van der Waals surface area contributed by atoms with Crippen LogP contribution in [0.5, 0.6) is 0 Å². The smallest absolute Gasteiger partial charge is 0.0254 e. The average Bonchev–Trinajstić information content (AvgIpc) is 2.42. The van der Waals surface area contributed by atoms with Gasteiger partial charge in [0.2, 0.25) is 0 Å². The predicted octanol–water partition coefficient (Wildman–Crippen LogP) is 5.27. The van der Waals surface area contributed by atoms with Crippen LogP contribution in [0.15, 0.2) is 0 Å². The molecule has 0 aliphatic carbocycles. The lowest BCUT2D eigenvalue weighted by atomic mass is 10.3. The van der Waals surface area contributed by atoms with Gasteiger partial charge in [0.25, 0.3) is 0 Å². The van der Waals surface area contributed by atoms with Crippen molar-refractivity contribution in [3.05, 3.63) is 0 Å². The Morgan fingerprint density at radius 1 is 0.889 bits per heavy atom. The molecule has 0 aromatic rings. The van der Waals surface area contributed by atoms with Crippen LogP contribution in [0, 0.1) is 0 Å². The first-order valence-corrected chi connectivity index (χ1v) is 11.3. The summed E-state index contributed by atoms with van der Waals surface area (Å²) in [5, 5.41) is 3.43. The first-order chi connectivity index (χ1) is 8.69. The molecule has 0 bridgehead atoms. The molecule has 0 aromatic heterocycles. The van der Waals surface area contributed by atoms with E-state index in [4.69, 9.17) is 0 Å². The Bertz CT molecular complexity index is 180. The summed E-state index contributed by atoms with van der Waals surface area (Å²) in [5.74, 6) is 5.39. The van der Waals surface area contributed by atoms with E-state index in [0.29, 0.717) is 0 Å². The molecule has 0 aromatic carbocycles. The summed E-state index contributed by atoms with van der Waals surface area (Å²) < 4.78 is 0. The molecule has 1 heterocycles. The highest BCUT2D eigenvalue weighted by Gasteiger charge is 2.29. The van der Waals surface area contributed by atoms with Crippen LogP contribution in [0.1, 0.15) is 40.5 Å². The van der Waals surface area contributed by atoms with Gasteiger partial charge >= 0.3 is 0 Å². The zero-order valence-corrected chi connectivity index (χ0v) is 15.5. The van der Waals surface area contributed by atoms with E-state index in [1.54, 1.807) is 0 Å². The van der Waals surface area contributed by atoms with Gasteiger partial charge in [-0.15, -0.1) is 0 Å². The van der Waals surface area contributed by atoms with Gasteiger partial charge in [0.1, 0.15) is 0 Å². The maximum Gasteiger partial charge on any atom is 0.0254 e. The van der Waals surface area contributed by atoms with Crippen molar-refractivity contribution < 1.29 is 0 Å². The third kappa shape index (κ3) is 6.23. The van der Waals surface area contributed by atoms with Crippen LogP contribution < -0.4 is 0 Å². The Kier molecular flexibility index (Phi) is 9.86. The molecule has 0 N–H and O–H groups in total. The lowest BCUT2D eigenvalue weighted by Crippen LogP contribution is -2.32. The van der Waals surface area contributed by atoms with Gasteiger partial charge in [-0.25, -0.2) is 0 Å². The third-order valence-electron chi connectivity index (χ3n) is 3.17. The van der Waals surface area contributed by atoms with E-state index in [-0.39, 0.29) is 0 Å². The minimum absolute atomic E-state index is 0.835. The highest BCUT2D eigenvalue weighted by Crippen LogP contribution is 2.39. The van der Waals surface area contributed by atoms with Gasteiger partial charge in [-0.05, 0) is 24.3 Å². The molecule has 4 atom stereocenters. The van der Waals surface area contributed by atoms with Crippen molar-refractivity contribution in [3.63, 3.8) is 0 Å². The van der Waals surface area contributed by atoms with E-state index in [1.807, 2.05) is 0 Å². The summed E-state index contributed by atoms with van der Waals surface area (Å²) in [6, 6.07) is 0. The van der Waals surface area contributed by atoms with Crippen molar-refractivity contribution >= 4 is 47.0 Å². The second-order valence-corrected chi connectivity index (χ2v) is 10.4. The summed E-state index contributed by atoms with van der Waals surface area (Å²) >= 11 is 8.81. The molecule has 4 unspecified atom stereocenters. The highest BCUT2D eigenvalue weighted by molar-refractivity contribution is 8.09. The third-order valence-corrected chi connectivity index (χ3v) is 10.0. The summed E-state index contributed by atoms with van der Waals surface area (Å²) in [6.45, 7) is 9.42. The molecule has 0 spiro atoms. The van der Waals surface area contributed by atoms with Crippen LogP contribution in [0.3, 0.4) is 0 Å². The minimum Gasteiger partial charge on any atom is -0.158 e. The van der Waals surface area contributed by atoms with Crippen molar-refractivity contribution in [3.8, 4) is 0 Å². The minimum atomic E-state index is 0.835. The molecule has 108 valence electrons. The first-order valence-electron chi connectivity index (χ1n) is 7.15. The van der Waals surface area contributed by atoms with Crippen molar-refractivity contribution in [2.24, 2.45) is 0 Å². The fourth-order valence-electron chi connectivity index (χ4n) is 1.90. The zero-order chi connectivity index (χ0) is 13.4. The van der Waals surface area contributed by atoms with Gasteiger partial charge in [0.15, 0.2) is 0 Å². The van der Waals surface area contributed by atoms with Crippen LogP contribution in [0.4, 0.5) is 0 Å². The summed E-state index contributed by atoms with van der Waals surface area (Å²) in [5.41, 5.74) is 0. The maximum atomic E-state index is 2.42. The Morgan fingerprint density at radius 3 is 1.56 bits per heavy atom. The van der Waals surface area contributed by atoms with Gasteiger partial charge in [-0.2, -0.15) is 47.0 Å². The molecule has 1 aliphatic heterocycles. The molecule has 4 heteroatoms. The lowest BCUT2D eigenvalue weighted by molar-refractivity contribution is 0.877. The van der Waals surface area contributed by atoms with Gasteiger partial charge in [-0.1, -0.05) is 27.7 Å². The predicted molar refractivity (Wildman–Crippen MR) is 96.9 cm³/mol. The quantitative estimate of drug-likeness (QED) is 0.596. The zero-order valence-electron chi connectivity index (χ0n) is 12.2. The average molecular weight is 325 g/mol. The summed E-state index contributed by atoms with van der Waals surface area (Å²) in [7, 11) is 0. The van der Waals surface area contributed by atoms with Crippen molar-refractivity contribution in [1.82, 2.24) is 0 Å². The number of hydrogen-bond acceptors (Lipinski definition) is 4. The molecule has 0 amide bonds. The molecule has 1 rings (SSSR count). The van der Waals surface area contributed by atoms with Crippen LogP contribution in [0.2, 0.25) is 0 Å². The van der Waals surface area contributed by atoms with Gasteiger partial charge in [0.05, 0.1) is 0 Å². The second kappa shape index (κ2) is 10.2. The molecule has 1 aliphatic rings. The largest absolute Gasteiger partial charge is 0.158 e. The lowest BCUT2D eigenvalue weighted by Gasteiger charge is -2.33. The Labute approximate surface area is 131 Å². The molecule has 1 fully saturated rings. The molecule has 0 nitrogen and oxygen atoms in total. The molecular weight excluding hydrogens is 296 g/mol. The summed E-state index contributed by atoms with van der Waals surface area (Å²) in [6.07, 6.45) is 2.62. The topological polar surface area (TPSA) is 0 Å². The number of rotatable bonds is 8. The monoisotopic (exact) mass is 324 g/mol. The van der Waals surface area contributed by atoms with E-state index in [0.717, 1.165) is 21.0 Å². The Hall–Kier alpha value is 1.40. The van der Waals surface area contributed by atoms with Crippen molar-refractivity contribution in [2.45, 2.75) is 61.5 Å². The SMILES string of the molecule is CCCSC(C)C1CSC(C(C)SCCC)CS1. The normalized spacial score (nSPS) is 28.0. The van der Waals surface area contributed by atoms with Crippen LogP contribution in [0.25, 0.3) is 0 Å². The van der Waals surface area contributed by atoms with E-state index in [2.05, 4.69) is 74.7 Å². The Morgan fingerprint density at radius 2 is 1.28 bits per heavy atom. The molecular formula is C14H28S4. The number of hydrogen-bond donors (Lipinski definition) is 0. The van der Waals surface area contributed by atoms with Gasteiger partial charge in [-0.3, -0.25) is 0 Å². The fraction of sp³-hybridized carbons (Fsp3) is 1.00. The number of thioether (sulfide) groups is 4. The van der Waals surface area contributed by atoms with E-state index >= 15 is 0 Å². The van der Waals surface area contributed by atoms with Gasteiger partial charge in [0, 0.05) is 32.5 Å². The molecule has 18 heavy (non-hydrogen) atoms. The van der Waals surface area contributed by atoms with Crippen molar-refractivity contribution in [2.75, 3.05) is 23.0 Å². The summed E-state index contributed by atoms with van der Waals surface area (Å²) in [4.78, 5) is 0. The fourth-order valence-corrected chi connectivity index (χ4v) is 8.15. The van der Waals surface area contributed by atoms with Crippen LogP contribution >= 0.6 is 47.0 Å². The molecule has 0 radical (unpaired) electrons. The van der Waals surface area contributed by atoms with E-state index in [9.17, 15) is 0 Å². The van der Waals surface area contributed by atoms with Crippen molar-refractivity contribution in [1.29, 1.82) is 0 Å². The van der Waals surface area contributed by atoms with E-state index < -0.39 is 0 Å². The van der Waals surface area contributed by atoms with Crippen LogP contribution in [-0.4, -0.2) is 44.0 Å². The van der Waals surface area contributed by atoms with Crippen LogP contribution in [-0.2, 0) is 0 Å². The van der Waals surface area contributed by atoms with Gasteiger partial charge < -0.3 is 0 Å². The first kappa shape index (κ1) is 17.5. The second-order valence-electron chi connectivity index (χ2n) is 4.90.